The molecule has 29 heavy (non-hydrogen) atoms. The summed E-state index contributed by atoms with van der Waals surface area (Å²) in [7, 11) is 0. The number of ether oxygens (including phenoxy) is 1. The van der Waals surface area contributed by atoms with Crippen molar-refractivity contribution in [2.24, 2.45) is 0 Å². The second kappa shape index (κ2) is 14.1. The summed E-state index contributed by atoms with van der Waals surface area (Å²) >= 11 is 0. The van der Waals surface area contributed by atoms with E-state index in [4.69, 9.17) is 14.9 Å². The minimum absolute atomic E-state index is 0.174. The highest BCUT2D eigenvalue weighted by molar-refractivity contribution is 5.67. The van der Waals surface area contributed by atoms with Crippen LogP contribution in [0.4, 0.5) is 0 Å². The third-order valence-corrected chi connectivity index (χ3v) is 3.89. The number of aliphatic hydroxyl groups is 2. The number of aliphatic carboxylic acids is 2. The van der Waals surface area contributed by atoms with Crippen LogP contribution in [0.1, 0.15) is 31.2 Å². The van der Waals surface area contributed by atoms with Gasteiger partial charge in [0.15, 0.2) is 0 Å². The van der Waals surface area contributed by atoms with E-state index in [-0.39, 0.29) is 12.8 Å². The lowest BCUT2D eigenvalue weighted by Gasteiger charge is -2.09. The molecule has 0 spiro atoms. The third-order valence-electron chi connectivity index (χ3n) is 3.89. The Labute approximate surface area is 170 Å². The Morgan fingerprint density at radius 1 is 0.759 bits per heavy atom. The van der Waals surface area contributed by atoms with Gasteiger partial charge in [-0.2, -0.15) is 0 Å². The highest BCUT2D eigenvalue weighted by Gasteiger charge is 2.09. The van der Waals surface area contributed by atoms with Crippen LogP contribution in [0, 0.1) is 0 Å². The minimum Gasteiger partial charge on any atom is -0.493 e. The fourth-order valence-corrected chi connectivity index (χ4v) is 2.41. The molecule has 7 heteroatoms. The lowest BCUT2D eigenvalue weighted by molar-refractivity contribution is -0.140. The van der Waals surface area contributed by atoms with E-state index in [1.165, 1.54) is 0 Å². The molecule has 0 aliphatic rings. The predicted molar refractivity (Wildman–Crippen MR) is 108 cm³/mol. The molecule has 0 heterocycles. The molecular weight excluding hydrogens is 376 g/mol. The Hall–Kier alpha value is -2.90. The van der Waals surface area contributed by atoms with E-state index in [0.29, 0.717) is 19.4 Å². The molecule has 0 radical (unpaired) electrons. The van der Waals surface area contributed by atoms with Crippen molar-refractivity contribution in [3.05, 3.63) is 66.2 Å². The van der Waals surface area contributed by atoms with Crippen LogP contribution < -0.4 is 4.74 Å². The molecule has 2 aromatic carbocycles. The van der Waals surface area contributed by atoms with Gasteiger partial charge in [-0.25, -0.2) is 0 Å². The molecule has 2 rings (SSSR count). The number of carbonyl (C=O) groups is 2. The number of benzene rings is 2. The first kappa shape index (κ1) is 24.1. The van der Waals surface area contributed by atoms with Gasteiger partial charge in [-0.15, -0.1) is 0 Å². The number of aliphatic hydroxyl groups excluding tert-OH is 2. The van der Waals surface area contributed by atoms with Crippen molar-refractivity contribution >= 4 is 11.9 Å². The van der Waals surface area contributed by atoms with Crippen molar-refractivity contribution in [2.75, 3.05) is 6.61 Å². The van der Waals surface area contributed by atoms with E-state index in [9.17, 15) is 19.8 Å². The average Bonchev–Trinajstić information content (AvgIpc) is 2.67. The van der Waals surface area contributed by atoms with Crippen LogP contribution in [0.25, 0.3) is 0 Å². The molecule has 0 amide bonds. The van der Waals surface area contributed by atoms with Gasteiger partial charge in [0.2, 0.25) is 0 Å². The number of hydrogen-bond donors (Lipinski definition) is 4. The van der Waals surface area contributed by atoms with Crippen LogP contribution in [-0.2, 0) is 16.0 Å². The Morgan fingerprint density at radius 3 is 1.76 bits per heavy atom. The SMILES string of the molecule is O=C(O)CC(O)CCOc1ccccc1.O=C(O)CC(O)CCc1ccccc1. The van der Waals surface area contributed by atoms with Crippen LogP contribution >= 0.6 is 0 Å². The largest absolute Gasteiger partial charge is 0.493 e. The number of carboxylic acids is 2. The fraction of sp³-hybridized carbons (Fsp3) is 0.364. The van der Waals surface area contributed by atoms with Crippen LogP contribution in [0.2, 0.25) is 0 Å². The maximum atomic E-state index is 10.3. The first-order chi connectivity index (χ1) is 13.9. The summed E-state index contributed by atoms with van der Waals surface area (Å²) in [5.74, 6) is -1.23. The molecule has 158 valence electrons. The molecule has 0 fully saturated rings. The van der Waals surface area contributed by atoms with Crippen molar-refractivity contribution in [1.82, 2.24) is 0 Å². The molecule has 2 atom stereocenters. The highest BCUT2D eigenvalue weighted by atomic mass is 16.5. The standard InChI is InChI=1S/C11H14O4.C11H14O3/c12-9(8-11(13)14)6-7-15-10-4-2-1-3-5-10;12-10(8-11(13)14)7-6-9-4-2-1-3-5-9/h1-5,9,12H,6-8H2,(H,13,14);1-5,10,12H,6-8H2,(H,13,14). The number of aryl methyl sites for hydroxylation is 1. The minimum atomic E-state index is -0.998. The zero-order valence-electron chi connectivity index (χ0n) is 16.2. The van der Waals surface area contributed by atoms with Gasteiger partial charge in [0, 0.05) is 6.42 Å². The second-order valence-corrected chi connectivity index (χ2v) is 6.48. The van der Waals surface area contributed by atoms with E-state index in [1.54, 1.807) is 0 Å². The smallest absolute Gasteiger partial charge is 0.305 e. The molecule has 2 unspecified atom stereocenters. The van der Waals surface area contributed by atoms with Crippen LogP contribution in [0.5, 0.6) is 5.75 Å². The molecule has 2 aromatic rings. The van der Waals surface area contributed by atoms with E-state index in [1.807, 2.05) is 60.7 Å². The summed E-state index contributed by atoms with van der Waals surface area (Å²) in [5, 5.41) is 35.4. The van der Waals surface area contributed by atoms with Gasteiger partial charge in [-0.1, -0.05) is 48.5 Å². The second-order valence-electron chi connectivity index (χ2n) is 6.48. The maximum Gasteiger partial charge on any atom is 0.305 e. The van der Waals surface area contributed by atoms with Crippen LogP contribution in [0.3, 0.4) is 0 Å². The van der Waals surface area contributed by atoms with Gasteiger partial charge >= 0.3 is 11.9 Å². The summed E-state index contributed by atoms with van der Waals surface area (Å²) in [4.78, 5) is 20.5. The van der Waals surface area contributed by atoms with Crippen LogP contribution in [-0.4, -0.2) is 51.2 Å². The quantitative estimate of drug-likeness (QED) is 0.454. The number of carboxylic acid groups (broad SMARTS) is 2. The zero-order chi connectivity index (χ0) is 21.5. The van der Waals surface area contributed by atoms with Gasteiger partial charge in [0.05, 0.1) is 31.7 Å². The number of hydrogen-bond acceptors (Lipinski definition) is 5. The molecule has 0 aromatic heterocycles. The third kappa shape index (κ3) is 13.0. The Morgan fingerprint density at radius 2 is 1.24 bits per heavy atom. The van der Waals surface area contributed by atoms with E-state index in [0.717, 1.165) is 17.7 Å². The van der Waals surface area contributed by atoms with Crippen molar-refractivity contribution < 1.29 is 34.8 Å². The molecule has 0 aliphatic carbocycles. The molecule has 4 N–H and O–H groups in total. The van der Waals surface area contributed by atoms with E-state index in [2.05, 4.69) is 0 Å². The predicted octanol–water partition coefficient (Wildman–Crippen LogP) is 2.75. The zero-order valence-corrected chi connectivity index (χ0v) is 16.2. The topological polar surface area (TPSA) is 124 Å². The van der Waals surface area contributed by atoms with Crippen molar-refractivity contribution in [3.8, 4) is 5.75 Å². The summed E-state index contributed by atoms with van der Waals surface area (Å²) in [6.07, 6.45) is -0.462. The lowest BCUT2D eigenvalue weighted by Crippen LogP contribution is -2.16. The maximum absolute atomic E-state index is 10.3. The van der Waals surface area contributed by atoms with E-state index < -0.39 is 24.1 Å². The highest BCUT2D eigenvalue weighted by Crippen LogP contribution is 2.09. The first-order valence-corrected chi connectivity index (χ1v) is 9.38. The lowest BCUT2D eigenvalue weighted by atomic mass is 10.1. The Bertz CT molecular complexity index is 704. The van der Waals surface area contributed by atoms with E-state index >= 15 is 0 Å². The number of rotatable bonds is 11. The molecule has 0 saturated carbocycles. The Kier molecular flexibility index (Phi) is 11.8. The summed E-state index contributed by atoms with van der Waals surface area (Å²) in [6, 6.07) is 18.9. The van der Waals surface area contributed by atoms with Gasteiger partial charge in [0.1, 0.15) is 5.75 Å². The molecular formula is C22H28O7. The Balaban J connectivity index is 0.000000291. The normalized spacial score (nSPS) is 12.2. The molecule has 0 saturated heterocycles. The summed E-state index contributed by atoms with van der Waals surface area (Å²) in [6.45, 7) is 0.318. The van der Waals surface area contributed by atoms with Gasteiger partial charge in [0.25, 0.3) is 0 Å². The summed E-state index contributed by atoms with van der Waals surface area (Å²) < 4.78 is 5.31. The van der Waals surface area contributed by atoms with Gasteiger partial charge in [-0.05, 0) is 30.5 Å². The van der Waals surface area contributed by atoms with Crippen molar-refractivity contribution in [3.63, 3.8) is 0 Å². The molecule has 0 bridgehead atoms. The van der Waals surface area contributed by atoms with Crippen molar-refractivity contribution in [1.29, 1.82) is 0 Å². The van der Waals surface area contributed by atoms with Gasteiger partial charge < -0.3 is 25.2 Å². The fourth-order valence-electron chi connectivity index (χ4n) is 2.41. The number of para-hydroxylation sites is 1. The van der Waals surface area contributed by atoms with Crippen molar-refractivity contribution in [2.45, 2.75) is 44.3 Å². The average molecular weight is 404 g/mol. The molecule has 7 nitrogen and oxygen atoms in total. The summed E-state index contributed by atoms with van der Waals surface area (Å²) in [5.41, 5.74) is 1.12. The van der Waals surface area contributed by atoms with Crippen LogP contribution in [0.15, 0.2) is 60.7 Å². The monoisotopic (exact) mass is 404 g/mol. The molecule has 0 aliphatic heterocycles. The first-order valence-electron chi connectivity index (χ1n) is 9.38. The van der Waals surface area contributed by atoms with Gasteiger partial charge in [-0.3, -0.25) is 9.59 Å².